The van der Waals surface area contributed by atoms with Gasteiger partial charge < -0.3 is 4.79 Å². The van der Waals surface area contributed by atoms with Crippen LogP contribution in [0.1, 0.15) is 19.0 Å². The molecule has 0 amide bonds. The van der Waals surface area contributed by atoms with Crippen molar-refractivity contribution in [1.82, 2.24) is 4.98 Å². The number of Topliss-reactive ketones (excluding diaryl/α,β-unsaturated/α-hetero) is 1. The molecule has 1 aromatic carbocycles. The molecule has 0 spiro atoms. The molecule has 0 radical (unpaired) electrons. The van der Waals surface area contributed by atoms with Crippen molar-refractivity contribution in [3.8, 4) is 10.6 Å². The number of ketones is 1. The van der Waals surface area contributed by atoms with Crippen LogP contribution < -0.4 is 0 Å². The van der Waals surface area contributed by atoms with E-state index < -0.39 is 0 Å². The smallest absolute Gasteiger partial charge is 0.130 e. The van der Waals surface area contributed by atoms with Gasteiger partial charge in [0.05, 0.1) is 5.69 Å². The lowest BCUT2D eigenvalue weighted by Gasteiger charge is -1.96. The Morgan fingerprint density at radius 3 is 3.00 bits per heavy atom. The number of nitrogens with zero attached hydrogens (tertiary/aromatic N) is 1. The number of halogens is 1. The van der Waals surface area contributed by atoms with Crippen molar-refractivity contribution in [3.05, 3.63) is 41.2 Å². The maximum atomic E-state index is 13.0. The van der Waals surface area contributed by atoms with Crippen molar-refractivity contribution in [1.29, 1.82) is 0 Å². The van der Waals surface area contributed by atoms with Crippen molar-refractivity contribution < 1.29 is 9.18 Å². The van der Waals surface area contributed by atoms with E-state index in [0.29, 0.717) is 12.8 Å². The molecule has 0 fully saturated rings. The van der Waals surface area contributed by atoms with Gasteiger partial charge in [0.25, 0.3) is 0 Å². The third kappa shape index (κ3) is 3.20. The van der Waals surface area contributed by atoms with Crippen LogP contribution in [0.2, 0.25) is 0 Å². The third-order valence-corrected chi connectivity index (χ3v) is 3.30. The zero-order valence-corrected chi connectivity index (χ0v) is 10.3. The Labute approximate surface area is 103 Å². The van der Waals surface area contributed by atoms with E-state index in [2.05, 4.69) is 4.98 Å². The second kappa shape index (κ2) is 5.19. The van der Waals surface area contributed by atoms with Gasteiger partial charge in [-0.15, -0.1) is 11.3 Å². The van der Waals surface area contributed by atoms with Gasteiger partial charge in [-0.3, -0.25) is 0 Å². The minimum atomic E-state index is -0.261. The van der Waals surface area contributed by atoms with Crippen LogP contribution in [-0.2, 0) is 11.2 Å². The highest BCUT2D eigenvalue weighted by Crippen LogP contribution is 2.24. The number of carbonyl (C=O) groups is 1. The Balaban J connectivity index is 2.15. The Bertz CT molecular complexity index is 536. The largest absolute Gasteiger partial charge is 0.300 e. The first kappa shape index (κ1) is 11.9. The zero-order chi connectivity index (χ0) is 12.3. The maximum Gasteiger partial charge on any atom is 0.130 e. The summed E-state index contributed by atoms with van der Waals surface area (Å²) in [6.07, 6.45) is 1.16. The molecule has 0 saturated heterocycles. The predicted octanol–water partition coefficient (Wildman–Crippen LogP) is 3.47. The average Bonchev–Trinajstić information content (AvgIpc) is 2.75. The molecule has 0 aliphatic heterocycles. The van der Waals surface area contributed by atoms with Gasteiger partial charge in [-0.25, -0.2) is 9.37 Å². The van der Waals surface area contributed by atoms with Gasteiger partial charge in [0, 0.05) is 17.4 Å². The van der Waals surface area contributed by atoms with Crippen LogP contribution in [0.25, 0.3) is 10.6 Å². The average molecular weight is 249 g/mol. The fourth-order valence-electron chi connectivity index (χ4n) is 1.48. The third-order valence-electron chi connectivity index (χ3n) is 2.36. The van der Waals surface area contributed by atoms with Crippen LogP contribution in [0.3, 0.4) is 0 Å². The number of rotatable bonds is 4. The van der Waals surface area contributed by atoms with Gasteiger partial charge in [0.1, 0.15) is 16.6 Å². The first-order chi connectivity index (χ1) is 8.15. The van der Waals surface area contributed by atoms with Gasteiger partial charge in [0.2, 0.25) is 0 Å². The van der Waals surface area contributed by atoms with Gasteiger partial charge in [0.15, 0.2) is 0 Å². The number of aromatic nitrogens is 1. The quantitative estimate of drug-likeness (QED) is 0.830. The number of thiazole rings is 1. The van der Waals surface area contributed by atoms with E-state index in [0.717, 1.165) is 16.3 Å². The van der Waals surface area contributed by atoms with E-state index in [1.807, 2.05) is 11.4 Å². The summed E-state index contributed by atoms with van der Waals surface area (Å²) in [4.78, 5) is 15.3. The Morgan fingerprint density at radius 1 is 1.47 bits per heavy atom. The van der Waals surface area contributed by atoms with Crippen LogP contribution >= 0.6 is 11.3 Å². The van der Waals surface area contributed by atoms with Crippen molar-refractivity contribution in [2.75, 3.05) is 0 Å². The Morgan fingerprint density at radius 2 is 2.29 bits per heavy atom. The lowest BCUT2D eigenvalue weighted by molar-refractivity contribution is -0.116. The second-order valence-electron chi connectivity index (χ2n) is 3.86. The molecule has 17 heavy (non-hydrogen) atoms. The summed E-state index contributed by atoms with van der Waals surface area (Å²) in [5.41, 5.74) is 1.67. The topological polar surface area (TPSA) is 30.0 Å². The fraction of sp³-hybridized carbons (Fsp3) is 0.231. The summed E-state index contributed by atoms with van der Waals surface area (Å²) < 4.78 is 13.0. The molecule has 4 heteroatoms. The van der Waals surface area contributed by atoms with Crippen molar-refractivity contribution in [2.45, 2.75) is 19.8 Å². The van der Waals surface area contributed by atoms with Gasteiger partial charge >= 0.3 is 0 Å². The molecule has 0 unspecified atom stereocenters. The molecule has 1 heterocycles. The number of hydrogen-bond donors (Lipinski definition) is 0. The summed E-state index contributed by atoms with van der Waals surface area (Å²) in [7, 11) is 0. The fourth-order valence-corrected chi connectivity index (χ4v) is 2.33. The monoisotopic (exact) mass is 249 g/mol. The highest BCUT2D eigenvalue weighted by molar-refractivity contribution is 7.13. The van der Waals surface area contributed by atoms with Crippen LogP contribution in [0.4, 0.5) is 4.39 Å². The predicted molar refractivity (Wildman–Crippen MR) is 66.5 cm³/mol. The van der Waals surface area contributed by atoms with Crippen LogP contribution in [0.15, 0.2) is 29.6 Å². The van der Waals surface area contributed by atoms with Crippen molar-refractivity contribution in [3.63, 3.8) is 0 Å². The van der Waals surface area contributed by atoms with E-state index in [-0.39, 0.29) is 11.6 Å². The lowest BCUT2D eigenvalue weighted by atomic mass is 10.2. The Hall–Kier alpha value is -1.55. The summed E-state index contributed by atoms with van der Waals surface area (Å²) >= 11 is 1.47. The number of hydrogen-bond acceptors (Lipinski definition) is 3. The van der Waals surface area contributed by atoms with E-state index in [9.17, 15) is 9.18 Å². The zero-order valence-electron chi connectivity index (χ0n) is 9.44. The molecule has 0 saturated carbocycles. The number of aryl methyl sites for hydroxylation is 1. The van der Waals surface area contributed by atoms with Crippen molar-refractivity contribution >= 4 is 17.1 Å². The Kier molecular flexibility index (Phi) is 3.64. The normalized spacial score (nSPS) is 10.5. The maximum absolute atomic E-state index is 13.0. The van der Waals surface area contributed by atoms with Crippen LogP contribution in [-0.4, -0.2) is 10.8 Å². The summed E-state index contributed by atoms with van der Waals surface area (Å²) in [6, 6.07) is 6.37. The molecule has 0 aliphatic carbocycles. The number of carbonyl (C=O) groups excluding carboxylic acids is 1. The highest BCUT2D eigenvalue weighted by Gasteiger charge is 2.06. The first-order valence-electron chi connectivity index (χ1n) is 5.35. The second-order valence-corrected chi connectivity index (χ2v) is 4.71. The molecule has 0 N–H and O–H groups in total. The van der Waals surface area contributed by atoms with Crippen LogP contribution in [0, 0.1) is 5.82 Å². The van der Waals surface area contributed by atoms with E-state index in [4.69, 9.17) is 0 Å². The van der Waals surface area contributed by atoms with E-state index in [1.54, 1.807) is 13.0 Å². The molecule has 0 bridgehead atoms. The minimum absolute atomic E-state index is 0.158. The molecule has 2 nitrogen and oxygen atoms in total. The molecule has 1 aromatic heterocycles. The minimum Gasteiger partial charge on any atom is -0.300 e. The van der Waals surface area contributed by atoms with Gasteiger partial charge in [-0.1, -0.05) is 12.1 Å². The van der Waals surface area contributed by atoms with E-state index in [1.165, 1.54) is 23.5 Å². The molecule has 88 valence electrons. The standard InChI is InChI=1S/C13H12FNOS/c1-9(16)5-6-12-8-17-13(15-12)10-3-2-4-11(14)7-10/h2-4,7-8H,5-6H2,1H3. The van der Waals surface area contributed by atoms with E-state index >= 15 is 0 Å². The summed E-state index contributed by atoms with van der Waals surface area (Å²) in [5, 5.41) is 2.71. The summed E-state index contributed by atoms with van der Waals surface area (Å²) in [6.45, 7) is 1.57. The molecular formula is C13H12FNOS. The number of benzene rings is 1. The van der Waals surface area contributed by atoms with Crippen molar-refractivity contribution in [2.24, 2.45) is 0 Å². The summed E-state index contributed by atoms with van der Waals surface area (Å²) in [5.74, 6) is -0.103. The molecule has 2 aromatic rings. The molecule has 2 rings (SSSR count). The molecule has 0 atom stereocenters. The lowest BCUT2D eigenvalue weighted by Crippen LogP contribution is -1.94. The molecule has 0 aliphatic rings. The highest BCUT2D eigenvalue weighted by atomic mass is 32.1. The molecular weight excluding hydrogens is 237 g/mol. The first-order valence-corrected chi connectivity index (χ1v) is 6.23. The van der Waals surface area contributed by atoms with Gasteiger partial charge in [-0.05, 0) is 25.5 Å². The van der Waals surface area contributed by atoms with Crippen LogP contribution in [0.5, 0.6) is 0 Å². The SMILES string of the molecule is CC(=O)CCc1csc(-c2cccc(F)c2)n1. The van der Waals surface area contributed by atoms with Gasteiger partial charge in [-0.2, -0.15) is 0 Å².